The molecule has 0 spiro atoms. The summed E-state index contributed by atoms with van der Waals surface area (Å²) in [5, 5.41) is 0. The summed E-state index contributed by atoms with van der Waals surface area (Å²) in [5.74, 6) is 1.65. The number of hydrogen-bond donors (Lipinski definition) is 0. The minimum atomic E-state index is 0.292. The van der Waals surface area contributed by atoms with Gasteiger partial charge in [0, 0.05) is 50.4 Å². The summed E-state index contributed by atoms with van der Waals surface area (Å²) in [6.45, 7) is 3.30. The Balaban J connectivity index is 1.55. The predicted octanol–water partition coefficient (Wildman–Crippen LogP) is 2.92. The van der Waals surface area contributed by atoms with Crippen LogP contribution in [0.2, 0.25) is 0 Å². The van der Waals surface area contributed by atoms with Crippen LogP contribution in [0.4, 0.5) is 0 Å². The standard InChI is InChI=1S/C20H24N4O2/c1-25-19-8-3-2-6-16(19)12-23(15-18-7-4-11-26-18)13-17-14-24-10-5-9-21-20(24)22-17/h2-3,5-6,8-10,14,18H,4,7,11-13,15H2,1H3/t18-/m0/s1. The van der Waals surface area contributed by atoms with Gasteiger partial charge in [-0.25, -0.2) is 9.97 Å². The Morgan fingerprint density at radius 2 is 2.19 bits per heavy atom. The Labute approximate surface area is 153 Å². The van der Waals surface area contributed by atoms with Crippen molar-refractivity contribution < 1.29 is 9.47 Å². The van der Waals surface area contributed by atoms with Gasteiger partial charge in [0.1, 0.15) is 5.75 Å². The first-order valence-electron chi connectivity index (χ1n) is 9.06. The first kappa shape index (κ1) is 17.0. The fraction of sp³-hybridized carbons (Fsp3) is 0.400. The van der Waals surface area contributed by atoms with E-state index in [4.69, 9.17) is 9.47 Å². The van der Waals surface area contributed by atoms with Gasteiger partial charge < -0.3 is 9.47 Å². The topological polar surface area (TPSA) is 51.9 Å². The van der Waals surface area contributed by atoms with Crippen molar-refractivity contribution >= 4 is 5.78 Å². The monoisotopic (exact) mass is 352 g/mol. The Morgan fingerprint density at radius 3 is 3.00 bits per heavy atom. The molecular formula is C20H24N4O2. The second-order valence-electron chi connectivity index (χ2n) is 6.68. The number of hydrogen-bond acceptors (Lipinski definition) is 5. The van der Waals surface area contributed by atoms with Crippen LogP contribution in [0.25, 0.3) is 5.78 Å². The zero-order chi connectivity index (χ0) is 17.8. The highest BCUT2D eigenvalue weighted by Crippen LogP contribution is 2.22. The number of imidazole rings is 1. The molecule has 1 aromatic carbocycles. The summed E-state index contributed by atoms with van der Waals surface area (Å²) in [5.41, 5.74) is 2.19. The lowest BCUT2D eigenvalue weighted by Gasteiger charge is -2.25. The molecule has 0 bridgehead atoms. The molecule has 6 nitrogen and oxygen atoms in total. The lowest BCUT2D eigenvalue weighted by Crippen LogP contribution is -2.31. The molecule has 3 aromatic rings. The van der Waals surface area contributed by atoms with Gasteiger partial charge in [0.25, 0.3) is 0 Å². The van der Waals surface area contributed by atoms with Crippen molar-refractivity contribution in [2.75, 3.05) is 20.3 Å². The highest BCUT2D eigenvalue weighted by atomic mass is 16.5. The molecule has 4 rings (SSSR count). The number of benzene rings is 1. The lowest BCUT2D eigenvalue weighted by atomic mass is 10.1. The average molecular weight is 352 g/mol. The highest BCUT2D eigenvalue weighted by molar-refractivity contribution is 5.33. The van der Waals surface area contributed by atoms with Crippen molar-refractivity contribution in [2.24, 2.45) is 0 Å². The minimum absolute atomic E-state index is 0.292. The molecule has 1 saturated heterocycles. The first-order valence-corrected chi connectivity index (χ1v) is 9.06. The van der Waals surface area contributed by atoms with Crippen LogP contribution in [0.1, 0.15) is 24.1 Å². The highest BCUT2D eigenvalue weighted by Gasteiger charge is 2.21. The van der Waals surface area contributed by atoms with Crippen LogP contribution in [0, 0.1) is 0 Å². The molecule has 136 valence electrons. The van der Waals surface area contributed by atoms with Crippen LogP contribution in [-0.4, -0.2) is 45.6 Å². The summed E-state index contributed by atoms with van der Waals surface area (Å²) in [4.78, 5) is 11.3. The van der Waals surface area contributed by atoms with Crippen LogP contribution < -0.4 is 4.74 Å². The molecule has 0 unspecified atom stereocenters. The van der Waals surface area contributed by atoms with Crippen LogP contribution in [-0.2, 0) is 17.8 Å². The molecule has 1 fully saturated rings. The van der Waals surface area contributed by atoms with Crippen molar-refractivity contribution in [3.8, 4) is 5.75 Å². The van der Waals surface area contributed by atoms with E-state index in [0.717, 1.165) is 56.3 Å². The molecule has 26 heavy (non-hydrogen) atoms. The predicted molar refractivity (Wildman–Crippen MR) is 99.1 cm³/mol. The van der Waals surface area contributed by atoms with E-state index in [9.17, 15) is 0 Å². The van der Waals surface area contributed by atoms with E-state index < -0.39 is 0 Å². The third kappa shape index (κ3) is 3.86. The van der Waals surface area contributed by atoms with E-state index in [1.807, 2.05) is 35.0 Å². The second-order valence-corrected chi connectivity index (χ2v) is 6.68. The molecule has 2 aromatic heterocycles. The molecule has 0 amide bonds. The number of fused-ring (bicyclic) bond motifs is 1. The van der Waals surface area contributed by atoms with Gasteiger partial charge in [-0.3, -0.25) is 9.30 Å². The van der Waals surface area contributed by atoms with Gasteiger partial charge in [0.05, 0.1) is 18.9 Å². The van der Waals surface area contributed by atoms with Gasteiger partial charge >= 0.3 is 0 Å². The lowest BCUT2D eigenvalue weighted by molar-refractivity contribution is 0.0672. The van der Waals surface area contributed by atoms with E-state index in [1.54, 1.807) is 13.3 Å². The molecule has 1 aliphatic heterocycles. The number of ether oxygens (including phenoxy) is 2. The summed E-state index contributed by atoms with van der Waals surface area (Å²) in [6, 6.07) is 10.1. The minimum Gasteiger partial charge on any atom is -0.496 e. The Kier molecular flexibility index (Phi) is 5.13. The van der Waals surface area contributed by atoms with Gasteiger partial charge in [-0.15, -0.1) is 0 Å². The Bertz CT molecular complexity index is 825. The first-order chi connectivity index (χ1) is 12.8. The summed E-state index contributed by atoms with van der Waals surface area (Å²) in [6.07, 6.45) is 8.35. The van der Waals surface area contributed by atoms with Crippen LogP contribution in [0.15, 0.2) is 48.9 Å². The number of rotatable bonds is 7. The molecule has 6 heteroatoms. The zero-order valence-corrected chi connectivity index (χ0v) is 15.0. The van der Waals surface area contributed by atoms with E-state index in [0.29, 0.717) is 6.10 Å². The second kappa shape index (κ2) is 7.85. The van der Waals surface area contributed by atoms with Gasteiger partial charge in [-0.2, -0.15) is 0 Å². The molecule has 1 atom stereocenters. The third-order valence-corrected chi connectivity index (χ3v) is 4.74. The van der Waals surface area contributed by atoms with Gasteiger partial charge in [0.15, 0.2) is 0 Å². The molecule has 0 radical (unpaired) electrons. The van der Waals surface area contributed by atoms with Crippen molar-refractivity contribution in [2.45, 2.75) is 32.0 Å². The SMILES string of the molecule is COc1ccccc1CN(Cc1cn2cccnc2n1)C[C@@H]1CCCO1. The van der Waals surface area contributed by atoms with E-state index in [-0.39, 0.29) is 0 Å². The fourth-order valence-corrected chi connectivity index (χ4v) is 3.52. The van der Waals surface area contributed by atoms with E-state index >= 15 is 0 Å². The zero-order valence-electron chi connectivity index (χ0n) is 15.0. The molecule has 3 heterocycles. The number of aromatic nitrogens is 3. The number of methoxy groups -OCH3 is 1. The molecule has 0 aliphatic carbocycles. The van der Waals surface area contributed by atoms with Crippen LogP contribution in [0.3, 0.4) is 0 Å². The normalized spacial score (nSPS) is 17.2. The van der Waals surface area contributed by atoms with Crippen molar-refractivity contribution in [3.63, 3.8) is 0 Å². The smallest absolute Gasteiger partial charge is 0.233 e. The molecular weight excluding hydrogens is 328 g/mol. The van der Waals surface area contributed by atoms with Crippen LogP contribution in [0.5, 0.6) is 5.75 Å². The van der Waals surface area contributed by atoms with Gasteiger partial charge in [0.2, 0.25) is 5.78 Å². The van der Waals surface area contributed by atoms with Gasteiger partial charge in [-0.05, 0) is 25.0 Å². The summed E-state index contributed by atoms with van der Waals surface area (Å²) < 4.78 is 13.4. The molecule has 0 N–H and O–H groups in total. The van der Waals surface area contributed by atoms with Crippen molar-refractivity contribution in [1.82, 2.24) is 19.3 Å². The van der Waals surface area contributed by atoms with E-state index in [2.05, 4.69) is 27.0 Å². The van der Waals surface area contributed by atoms with Crippen molar-refractivity contribution in [1.29, 1.82) is 0 Å². The molecule has 1 aliphatic rings. The van der Waals surface area contributed by atoms with Gasteiger partial charge in [-0.1, -0.05) is 18.2 Å². The Morgan fingerprint density at radius 1 is 1.27 bits per heavy atom. The van der Waals surface area contributed by atoms with E-state index in [1.165, 1.54) is 5.56 Å². The summed E-state index contributed by atoms with van der Waals surface area (Å²) in [7, 11) is 1.72. The van der Waals surface area contributed by atoms with Crippen molar-refractivity contribution in [3.05, 3.63) is 60.2 Å². The Hall–Kier alpha value is -2.44. The molecule has 0 saturated carbocycles. The van der Waals surface area contributed by atoms with Crippen LogP contribution >= 0.6 is 0 Å². The summed E-state index contributed by atoms with van der Waals surface area (Å²) >= 11 is 0. The quantitative estimate of drug-likeness (QED) is 0.654. The maximum atomic E-state index is 5.86. The third-order valence-electron chi connectivity index (χ3n) is 4.74. The fourth-order valence-electron chi connectivity index (χ4n) is 3.52. The maximum Gasteiger partial charge on any atom is 0.233 e. The maximum absolute atomic E-state index is 5.86. The largest absolute Gasteiger partial charge is 0.496 e. The number of nitrogens with zero attached hydrogens (tertiary/aromatic N) is 4. The average Bonchev–Trinajstić information content (AvgIpc) is 3.31. The number of para-hydroxylation sites is 1.